The van der Waals surface area contributed by atoms with Crippen molar-refractivity contribution in [2.75, 3.05) is 32.2 Å². The molecule has 0 aromatic heterocycles. The molecule has 0 rings (SSSR count). The number of nitrogens with one attached hydrogen (secondary N) is 1. The van der Waals surface area contributed by atoms with Crippen LogP contribution in [0.5, 0.6) is 0 Å². The molecule has 140 valence electrons. The fourth-order valence-electron chi connectivity index (χ4n) is 1.76. The number of carbonyl (C=O) groups is 2. The van der Waals surface area contributed by atoms with Crippen molar-refractivity contribution < 1.29 is 27.9 Å². The van der Waals surface area contributed by atoms with Crippen molar-refractivity contribution in [3.8, 4) is 0 Å². The summed E-state index contributed by atoms with van der Waals surface area (Å²) in [5, 5.41) is 5.28. The zero-order chi connectivity index (χ0) is 18.6. The van der Waals surface area contributed by atoms with Crippen LogP contribution in [0.15, 0.2) is 5.29 Å². The summed E-state index contributed by atoms with van der Waals surface area (Å²) in [6.07, 6.45) is -0.924. The third-order valence-electron chi connectivity index (χ3n) is 2.66. The second kappa shape index (κ2) is 12.3. The molecule has 2 atom stereocenters. The number of nitrogens with zero attached hydrogens (tertiary/aromatic N) is 2. The first kappa shape index (κ1) is 22.9. The zero-order valence-electron chi connectivity index (χ0n) is 13.8. The number of aldehydes is 1. The maximum absolute atomic E-state index is 12.9. The predicted molar refractivity (Wildman–Crippen MR) is 87.9 cm³/mol. The molecule has 2 unspecified atom stereocenters. The van der Waals surface area contributed by atoms with E-state index in [1.807, 2.05) is 0 Å². The van der Waals surface area contributed by atoms with Crippen LogP contribution in [0.4, 0.5) is 4.79 Å². The molecule has 1 N–H and O–H groups in total. The predicted octanol–water partition coefficient (Wildman–Crippen LogP) is 2.11. The third kappa shape index (κ3) is 6.82. The van der Waals surface area contributed by atoms with E-state index in [4.69, 9.17) is 25.4 Å². The fraction of sp³-hybridized carbons (Fsp3) is 0.833. The summed E-state index contributed by atoms with van der Waals surface area (Å²) in [6.45, 7) is 4.75. The SMILES string of the molecule is CCOC(C=O)C(NC(=O)N(CCCl)N=O)P(=O)(OCC)OCC. The van der Waals surface area contributed by atoms with Crippen molar-refractivity contribution in [2.24, 2.45) is 5.29 Å². The Labute approximate surface area is 145 Å². The number of halogens is 1. The minimum absolute atomic E-state index is 0.0126. The summed E-state index contributed by atoms with van der Waals surface area (Å²) in [7, 11) is -3.95. The Morgan fingerprint density at radius 3 is 2.25 bits per heavy atom. The molecule has 0 aromatic rings. The number of alkyl halides is 1. The van der Waals surface area contributed by atoms with Gasteiger partial charge in [0.15, 0.2) is 12.1 Å². The highest BCUT2D eigenvalue weighted by molar-refractivity contribution is 7.54. The summed E-state index contributed by atoms with van der Waals surface area (Å²) < 4.78 is 28.5. The summed E-state index contributed by atoms with van der Waals surface area (Å²) in [5.41, 5.74) is 0. The lowest BCUT2D eigenvalue weighted by Gasteiger charge is -2.30. The molecule has 0 fully saturated rings. The summed E-state index contributed by atoms with van der Waals surface area (Å²) in [6, 6.07) is -0.998. The highest BCUT2D eigenvalue weighted by Crippen LogP contribution is 2.53. The summed E-state index contributed by atoms with van der Waals surface area (Å²) >= 11 is 5.48. The maximum Gasteiger partial charge on any atom is 0.355 e. The van der Waals surface area contributed by atoms with E-state index >= 15 is 0 Å². The van der Waals surface area contributed by atoms with E-state index in [9.17, 15) is 19.1 Å². The first-order valence-corrected chi connectivity index (χ1v) is 9.51. The van der Waals surface area contributed by atoms with Crippen LogP contribution in [0.25, 0.3) is 0 Å². The van der Waals surface area contributed by atoms with Crippen molar-refractivity contribution in [3.63, 3.8) is 0 Å². The second-order valence-corrected chi connectivity index (χ2v) is 6.75. The van der Waals surface area contributed by atoms with E-state index in [-0.39, 0.29) is 32.2 Å². The van der Waals surface area contributed by atoms with Crippen LogP contribution >= 0.6 is 19.2 Å². The van der Waals surface area contributed by atoms with Crippen LogP contribution in [0.2, 0.25) is 0 Å². The standard InChI is InChI=1S/C12H23ClN3O7P/c1-4-21-10(9-17)11(24(20,22-5-2)23-6-3)14-12(18)16(15-19)8-7-13/h9-11H,4-8H2,1-3H3,(H,14,18). The number of carbonyl (C=O) groups excluding carboxylic acids is 2. The molecule has 0 saturated heterocycles. The van der Waals surface area contributed by atoms with Gasteiger partial charge in [-0.2, -0.15) is 5.01 Å². The van der Waals surface area contributed by atoms with Gasteiger partial charge in [-0.15, -0.1) is 16.5 Å². The quantitative estimate of drug-likeness (QED) is 0.169. The molecule has 0 radical (unpaired) electrons. The zero-order valence-corrected chi connectivity index (χ0v) is 15.5. The lowest BCUT2D eigenvalue weighted by atomic mass is 10.4. The van der Waals surface area contributed by atoms with E-state index in [0.717, 1.165) is 0 Å². The molecular formula is C12H23ClN3O7P. The van der Waals surface area contributed by atoms with Crippen molar-refractivity contribution >= 4 is 31.5 Å². The van der Waals surface area contributed by atoms with Gasteiger partial charge >= 0.3 is 13.6 Å². The van der Waals surface area contributed by atoms with Crippen LogP contribution in [-0.2, 0) is 23.1 Å². The van der Waals surface area contributed by atoms with E-state index in [1.54, 1.807) is 20.8 Å². The molecule has 0 aliphatic carbocycles. The summed E-state index contributed by atoms with van der Waals surface area (Å²) in [4.78, 5) is 34.1. The van der Waals surface area contributed by atoms with Gasteiger partial charge in [-0.1, -0.05) is 0 Å². The van der Waals surface area contributed by atoms with Crippen molar-refractivity contribution in [2.45, 2.75) is 32.7 Å². The van der Waals surface area contributed by atoms with E-state index in [0.29, 0.717) is 11.3 Å². The average Bonchev–Trinajstić information content (AvgIpc) is 2.55. The van der Waals surface area contributed by atoms with Gasteiger partial charge in [0.1, 0.15) is 6.10 Å². The van der Waals surface area contributed by atoms with Crippen LogP contribution in [-0.4, -0.2) is 61.5 Å². The molecule has 10 nitrogen and oxygen atoms in total. The minimum Gasteiger partial charge on any atom is -0.368 e. The normalized spacial score (nSPS) is 13.8. The van der Waals surface area contributed by atoms with Gasteiger partial charge in [-0.05, 0) is 20.8 Å². The molecule has 0 heterocycles. The van der Waals surface area contributed by atoms with E-state index < -0.39 is 25.5 Å². The van der Waals surface area contributed by atoms with Gasteiger partial charge in [-0.3, -0.25) is 4.57 Å². The van der Waals surface area contributed by atoms with E-state index in [2.05, 4.69) is 10.6 Å². The molecular weight excluding hydrogens is 365 g/mol. The number of urea groups is 1. The topological polar surface area (TPSA) is 124 Å². The monoisotopic (exact) mass is 387 g/mol. The Balaban J connectivity index is 5.60. The lowest BCUT2D eigenvalue weighted by Crippen LogP contribution is -2.50. The number of amides is 2. The van der Waals surface area contributed by atoms with Crippen LogP contribution in [0.3, 0.4) is 0 Å². The number of rotatable bonds is 13. The van der Waals surface area contributed by atoms with Gasteiger partial charge in [-0.25, -0.2) is 4.79 Å². The first-order valence-electron chi connectivity index (χ1n) is 7.36. The number of nitroso groups, excluding NO2 is 1. The molecule has 2 amide bonds. The highest BCUT2D eigenvalue weighted by atomic mass is 35.5. The van der Waals surface area contributed by atoms with Crippen molar-refractivity contribution in [3.05, 3.63) is 4.91 Å². The van der Waals surface area contributed by atoms with Gasteiger partial charge in [0.2, 0.25) is 0 Å². The molecule has 0 aliphatic heterocycles. The number of hydrogen-bond acceptors (Lipinski definition) is 8. The molecule has 0 spiro atoms. The minimum atomic E-state index is -3.95. The Morgan fingerprint density at radius 2 is 1.88 bits per heavy atom. The van der Waals surface area contributed by atoms with Crippen molar-refractivity contribution in [1.29, 1.82) is 0 Å². The molecule has 24 heavy (non-hydrogen) atoms. The Hall–Kier alpha value is -1.06. The molecule has 12 heteroatoms. The smallest absolute Gasteiger partial charge is 0.355 e. The second-order valence-electron chi connectivity index (χ2n) is 4.22. The Bertz CT molecular complexity index is 444. The lowest BCUT2D eigenvalue weighted by molar-refractivity contribution is -0.118. The largest absolute Gasteiger partial charge is 0.368 e. The molecule has 0 saturated carbocycles. The van der Waals surface area contributed by atoms with Gasteiger partial charge < -0.3 is 23.9 Å². The number of ether oxygens (including phenoxy) is 1. The average molecular weight is 388 g/mol. The van der Waals surface area contributed by atoms with E-state index in [1.165, 1.54) is 0 Å². The van der Waals surface area contributed by atoms with Gasteiger partial charge in [0.25, 0.3) is 0 Å². The van der Waals surface area contributed by atoms with Crippen LogP contribution < -0.4 is 5.32 Å². The summed E-state index contributed by atoms with van der Waals surface area (Å²) in [5.74, 6) is -1.48. The number of hydrogen-bond donors (Lipinski definition) is 1. The Kier molecular flexibility index (Phi) is 11.8. The van der Waals surface area contributed by atoms with Crippen LogP contribution in [0.1, 0.15) is 20.8 Å². The van der Waals surface area contributed by atoms with Crippen molar-refractivity contribution in [1.82, 2.24) is 10.3 Å². The Morgan fingerprint density at radius 1 is 1.29 bits per heavy atom. The molecule has 0 aromatic carbocycles. The first-order chi connectivity index (χ1) is 11.4. The molecule has 0 bridgehead atoms. The fourth-order valence-corrected chi connectivity index (χ4v) is 3.82. The van der Waals surface area contributed by atoms with Crippen LogP contribution in [0, 0.1) is 4.91 Å². The molecule has 0 aliphatic rings. The van der Waals surface area contributed by atoms with Gasteiger partial charge in [0.05, 0.1) is 25.0 Å². The van der Waals surface area contributed by atoms with Gasteiger partial charge in [0, 0.05) is 12.5 Å². The maximum atomic E-state index is 12.9. The highest BCUT2D eigenvalue weighted by Gasteiger charge is 2.43. The third-order valence-corrected chi connectivity index (χ3v) is 5.17.